The molecule has 1 aromatic rings. The van der Waals surface area contributed by atoms with Crippen LogP contribution in [0.15, 0.2) is 12.1 Å². The first-order valence-electron chi connectivity index (χ1n) is 5.81. The minimum Gasteiger partial charge on any atom is -0.478 e. The zero-order chi connectivity index (χ0) is 13.3. The Morgan fingerprint density at radius 3 is 2.72 bits per heavy atom. The molecule has 1 saturated heterocycles. The number of aliphatic hydroxyl groups is 2. The van der Waals surface area contributed by atoms with Crippen molar-refractivity contribution < 1.29 is 20.1 Å². The lowest BCUT2D eigenvalue weighted by Crippen LogP contribution is -2.47. The third-order valence-corrected chi connectivity index (χ3v) is 3.09. The van der Waals surface area contributed by atoms with Crippen molar-refractivity contribution in [2.75, 3.05) is 18.0 Å². The van der Waals surface area contributed by atoms with Gasteiger partial charge in [-0.1, -0.05) is 0 Å². The maximum absolute atomic E-state index is 11.1. The van der Waals surface area contributed by atoms with E-state index in [0.29, 0.717) is 18.8 Å². The molecular weight excluding hydrogens is 236 g/mol. The Hall–Kier alpha value is -1.66. The summed E-state index contributed by atoms with van der Waals surface area (Å²) in [5.41, 5.74) is 0.833. The molecule has 2 atom stereocenters. The Morgan fingerprint density at radius 2 is 2.11 bits per heavy atom. The van der Waals surface area contributed by atoms with Crippen molar-refractivity contribution in [2.45, 2.75) is 25.6 Å². The van der Waals surface area contributed by atoms with Gasteiger partial charge in [0.1, 0.15) is 11.4 Å². The molecule has 6 nitrogen and oxygen atoms in total. The molecule has 18 heavy (non-hydrogen) atoms. The molecule has 0 amide bonds. The number of β-amino-alcohol motifs (C(OH)–C–C–N with tert-alkyl or cyclic N) is 1. The molecule has 2 rings (SSSR count). The van der Waals surface area contributed by atoms with Gasteiger partial charge in [-0.05, 0) is 25.5 Å². The molecular formula is C12H16N2O4. The number of carboxylic acid groups (broad SMARTS) is 1. The van der Waals surface area contributed by atoms with Crippen LogP contribution < -0.4 is 4.90 Å². The van der Waals surface area contributed by atoms with E-state index in [1.165, 1.54) is 6.07 Å². The molecule has 1 aromatic heterocycles. The number of hydrogen-bond acceptors (Lipinski definition) is 5. The van der Waals surface area contributed by atoms with E-state index in [1.807, 2.05) is 0 Å². The molecule has 0 aliphatic carbocycles. The molecule has 1 aliphatic heterocycles. The summed E-state index contributed by atoms with van der Waals surface area (Å²) in [4.78, 5) is 17.1. The lowest BCUT2D eigenvalue weighted by molar-refractivity contribution is 0.00780. The Labute approximate surface area is 105 Å². The van der Waals surface area contributed by atoms with Crippen LogP contribution in [0.4, 0.5) is 5.82 Å². The monoisotopic (exact) mass is 252 g/mol. The predicted octanol–water partition coefficient (Wildman–Crippen LogP) is 0.0201. The van der Waals surface area contributed by atoms with Crippen molar-refractivity contribution in [1.29, 1.82) is 0 Å². The van der Waals surface area contributed by atoms with Gasteiger partial charge in [-0.25, -0.2) is 9.78 Å². The zero-order valence-corrected chi connectivity index (χ0v) is 10.1. The molecule has 98 valence electrons. The van der Waals surface area contributed by atoms with E-state index >= 15 is 0 Å². The minimum atomic E-state index is -1.04. The summed E-state index contributed by atoms with van der Waals surface area (Å²) in [7, 11) is 0. The van der Waals surface area contributed by atoms with Gasteiger partial charge in [0.2, 0.25) is 0 Å². The van der Waals surface area contributed by atoms with Gasteiger partial charge in [0.15, 0.2) is 0 Å². The summed E-state index contributed by atoms with van der Waals surface area (Å²) in [5.74, 6) is -0.688. The minimum absolute atomic E-state index is 0.115. The number of pyridine rings is 1. The van der Waals surface area contributed by atoms with Crippen LogP contribution in [0.25, 0.3) is 0 Å². The van der Waals surface area contributed by atoms with Gasteiger partial charge in [0, 0.05) is 18.8 Å². The number of carboxylic acids is 1. The molecule has 1 fully saturated rings. The third-order valence-electron chi connectivity index (χ3n) is 3.09. The van der Waals surface area contributed by atoms with E-state index in [0.717, 1.165) is 5.69 Å². The standard InChI is InChI=1S/C12H16N2O4/c1-7-2-3-8(12(17)18)11(13-7)14-5-4-9(15)10(16)6-14/h2-3,9-10,15-16H,4-6H2,1H3,(H,17,18)/t9-,10-/m0/s1. The summed E-state index contributed by atoms with van der Waals surface area (Å²) in [6, 6.07) is 3.15. The van der Waals surface area contributed by atoms with Gasteiger partial charge in [0.05, 0.1) is 12.2 Å². The van der Waals surface area contributed by atoms with Crippen LogP contribution in [-0.2, 0) is 0 Å². The highest BCUT2D eigenvalue weighted by Gasteiger charge is 2.28. The fourth-order valence-corrected chi connectivity index (χ4v) is 2.06. The Morgan fingerprint density at radius 1 is 1.39 bits per heavy atom. The molecule has 0 unspecified atom stereocenters. The second kappa shape index (κ2) is 4.91. The number of anilines is 1. The quantitative estimate of drug-likeness (QED) is 0.687. The second-order valence-corrected chi connectivity index (χ2v) is 4.50. The molecule has 0 aromatic carbocycles. The molecule has 0 radical (unpaired) electrons. The van der Waals surface area contributed by atoms with Crippen molar-refractivity contribution in [3.05, 3.63) is 23.4 Å². The van der Waals surface area contributed by atoms with Crippen molar-refractivity contribution >= 4 is 11.8 Å². The predicted molar refractivity (Wildman–Crippen MR) is 64.8 cm³/mol. The number of aryl methyl sites for hydroxylation is 1. The van der Waals surface area contributed by atoms with Crippen LogP contribution in [0.3, 0.4) is 0 Å². The topological polar surface area (TPSA) is 93.9 Å². The van der Waals surface area contributed by atoms with Gasteiger partial charge in [-0.2, -0.15) is 0 Å². The summed E-state index contributed by atoms with van der Waals surface area (Å²) in [6.45, 7) is 2.46. The van der Waals surface area contributed by atoms with Gasteiger partial charge in [-0.15, -0.1) is 0 Å². The van der Waals surface area contributed by atoms with Gasteiger partial charge in [-0.3, -0.25) is 0 Å². The average Bonchev–Trinajstić information content (AvgIpc) is 2.32. The zero-order valence-electron chi connectivity index (χ0n) is 10.1. The number of rotatable bonds is 2. The Bertz CT molecular complexity index is 463. The third kappa shape index (κ3) is 2.44. The maximum atomic E-state index is 11.1. The first-order valence-corrected chi connectivity index (χ1v) is 5.81. The highest BCUT2D eigenvalue weighted by Crippen LogP contribution is 2.23. The fourth-order valence-electron chi connectivity index (χ4n) is 2.06. The van der Waals surface area contributed by atoms with E-state index in [4.69, 9.17) is 5.11 Å². The van der Waals surface area contributed by atoms with Gasteiger partial charge >= 0.3 is 5.97 Å². The van der Waals surface area contributed by atoms with Crippen molar-refractivity contribution in [2.24, 2.45) is 0 Å². The number of aromatic nitrogens is 1. The number of aliphatic hydroxyl groups excluding tert-OH is 2. The molecule has 1 aliphatic rings. The average molecular weight is 252 g/mol. The van der Waals surface area contributed by atoms with Gasteiger partial charge in [0.25, 0.3) is 0 Å². The first kappa shape index (κ1) is 12.8. The van der Waals surface area contributed by atoms with E-state index < -0.39 is 18.2 Å². The molecule has 3 N–H and O–H groups in total. The van der Waals surface area contributed by atoms with E-state index in [2.05, 4.69) is 4.98 Å². The SMILES string of the molecule is Cc1ccc(C(=O)O)c(N2CC[C@H](O)[C@@H](O)C2)n1. The van der Waals surface area contributed by atoms with Crippen molar-refractivity contribution in [1.82, 2.24) is 4.98 Å². The highest BCUT2D eigenvalue weighted by molar-refractivity contribution is 5.93. The normalized spacial score (nSPS) is 24.1. The van der Waals surface area contributed by atoms with Crippen molar-refractivity contribution in [3.63, 3.8) is 0 Å². The summed E-state index contributed by atoms with van der Waals surface area (Å²) in [5, 5.41) is 28.2. The Kier molecular flexibility index (Phi) is 3.49. The second-order valence-electron chi connectivity index (χ2n) is 4.50. The van der Waals surface area contributed by atoms with Crippen LogP contribution in [0.2, 0.25) is 0 Å². The lowest BCUT2D eigenvalue weighted by atomic mass is 10.0. The highest BCUT2D eigenvalue weighted by atomic mass is 16.4. The van der Waals surface area contributed by atoms with E-state index in [9.17, 15) is 15.0 Å². The fraction of sp³-hybridized carbons (Fsp3) is 0.500. The molecule has 6 heteroatoms. The van der Waals surface area contributed by atoms with Gasteiger partial charge < -0.3 is 20.2 Å². The number of hydrogen-bond donors (Lipinski definition) is 3. The number of nitrogens with zero attached hydrogens (tertiary/aromatic N) is 2. The molecule has 0 saturated carbocycles. The number of piperidine rings is 1. The maximum Gasteiger partial charge on any atom is 0.339 e. The smallest absolute Gasteiger partial charge is 0.339 e. The Balaban J connectivity index is 2.32. The largest absolute Gasteiger partial charge is 0.478 e. The molecule has 0 spiro atoms. The summed E-state index contributed by atoms with van der Waals surface area (Å²) < 4.78 is 0. The van der Waals surface area contributed by atoms with Crippen LogP contribution >= 0.6 is 0 Å². The van der Waals surface area contributed by atoms with Crippen molar-refractivity contribution in [3.8, 4) is 0 Å². The molecule has 0 bridgehead atoms. The summed E-state index contributed by atoms with van der Waals surface area (Å²) >= 11 is 0. The van der Waals surface area contributed by atoms with E-state index in [-0.39, 0.29) is 12.1 Å². The first-order chi connectivity index (χ1) is 8.49. The number of aromatic carboxylic acids is 1. The van der Waals surface area contributed by atoms with Crippen LogP contribution in [0, 0.1) is 6.92 Å². The van der Waals surface area contributed by atoms with E-state index in [1.54, 1.807) is 17.9 Å². The van der Waals surface area contributed by atoms with Crippen LogP contribution in [-0.4, -0.2) is 51.6 Å². The summed E-state index contributed by atoms with van der Waals surface area (Å²) in [6.07, 6.45) is -1.22. The number of carbonyl (C=O) groups is 1. The lowest BCUT2D eigenvalue weighted by Gasteiger charge is -2.34. The van der Waals surface area contributed by atoms with Crippen LogP contribution in [0.1, 0.15) is 22.5 Å². The molecule has 2 heterocycles. The van der Waals surface area contributed by atoms with Crippen LogP contribution in [0.5, 0.6) is 0 Å².